The van der Waals surface area contributed by atoms with Crippen LogP contribution in [0.25, 0.3) is 11.3 Å². The van der Waals surface area contributed by atoms with Gasteiger partial charge < -0.3 is 4.57 Å². The minimum Gasteiger partial charge on any atom is -0.328 e. The number of imidazole rings is 1. The van der Waals surface area contributed by atoms with E-state index in [-0.39, 0.29) is 5.82 Å². The summed E-state index contributed by atoms with van der Waals surface area (Å²) in [4.78, 5) is 29.4. The molecule has 124 valence electrons. The Morgan fingerprint density at radius 1 is 0.920 bits per heavy atom. The van der Waals surface area contributed by atoms with Crippen molar-refractivity contribution in [3.63, 3.8) is 0 Å². The highest BCUT2D eigenvalue weighted by Gasteiger charge is 2.34. The molecule has 0 amide bonds. The van der Waals surface area contributed by atoms with E-state index in [4.69, 9.17) is 0 Å². The fourth-order valence-electron chi connectivity index (χ4n) is 3.24. The number of aromatic nitrogens is 2. The second kappa shape index (κ2) is 5.77. The van der Waals surface area contributed by atoms with Crippen molar-refractivity contribution < 1.29 is 14.0 Å². The molecule has 0 fully saturated rings. The minimum absolute atomic E-state index is 0.267. The molecule has 1 aliphatic carbocycles. The summed E-state index contributed by atoms with van der Waals surface area (Å²) >= 11 is 0. The fourth-order valence-corrected chi connectivity index (χ4v) is 3.24. The molecule has 0 atom stereocenters. The predicted molar refractivity (Wildman–Crippen MR) is 91.1 cm³/mol. The Morgan fingerprint density at radius 3 is 2.32 bits per heavy atom. The van der Waals surface area contributed by atoms with Crippen LogP contribution < -0.4 is 0 Å². The van der Waals surface area contributed by atoms with Crippen LogP contribution in [0.15, 0.2) is 48.5 Å². The Hall–Kier alpha value is -3.08. The molecular weight excluding hydrogens is 319 g/mol. The molecule has 0 unspecified atom stereocenters. The first kappa shape index (κ1) is 15.4. The maximum absolute atomic E-state index is 13.0. The van der Waals surface area contributed by atoms with Crippen molar-refractivity contribution in [2.45, 2.75) is 12.8 Å². The molecule has 0 radical (unpaired) electrons. The van der Waals surface area contributed by atoms with Crippen LogP contribution in [0.3, 0.4) is 0 Å². The molecular formula is C20H15FN2O2. The lowest BCUT2D eigenvalue weighted by atomic mass is 9.90. The predicted octanol–water partition coefficient (Wildman–Crippen LogP) is 3.39. The molecule has 1 heterocycles. The summed E-state index contributed by atoms with van der Waals surface area (Å²) in [5.41, 5.74) is 3.01. The van der Waals surface area contributed by atoms with E-state index in [0.29, 0.717) is 35.4 Å². The first-order chi connectivity index (χ1) is 12.1. The van der Waals surface area contributed by atoms with Crippen LogP contribution in [0.5, 0.6) is 0 Å². The molecule has 0 saturated carbocycles. The molecule has 1 aromatic heterocycles. The molecule has 3 aromatic rings. The van der Waals surface area contributed by atoms with E-state index < -0.39 is 11.6 Å². The van der Waals surface area contributed by atoms with E-state index >= 15 is 0 Å². The van der Waals surface area contributed by atoms with Crippen LogP contribution >= 0.6 is 0 Å². The van der Waals surface area contributed by atoms with Gasteiger partial charge in [0.25, 0.3) is 5.78 Å². The third kappa shape index (κ3) is 2.48. The van der Waals surface area contributed by atoms with Gasteiger partial charge in [0.15, 0.2) is 0 Å². The van der Waals surface area contributed by atoms with E-state index in [0.717, 1.165) is 11.4 Å². The number of carbonyl (C=O) groups is 2. The molecule has 4 nitrogen and oxygen atoms in total. The second-order valence-electron chi connectivity index (χ2n) is 6.11. The highest BCUT2D eigenvalue weighted by atomic mass is 19.1. The number of nitrogens with zero attached hydrogens (tertiary/aromatic N) is 2. The van der Waals surface area contributed by atoms with Gasteiger partial charge in [0.1, 0.15) is 23.0 Å². The number of rotatable bonds is 3. The highest BCUT2D eigenvalue weighted by molar-refractivity contribution is 6.52. The van der Waals surface area contributed by atoms with Gasteiger partial charge in [0, 0.05) is 24.6 Å². The summed E-state index contributed by atoms with van der Waals surface area (Å²) in [5, 5.41) is 0. The molecule has 0 spiro atoms. The van der Waals surface area contributed by atoms with Gasteiger partial charge in [-0.15, -0.1) is 0 Å². The van der Waals surface area contributed by atoms with Crippen LogP contribution in [0.4, 0.5) is 4.39 Å². The smallest absolute Gasteiger partial charge is 0.252 e. The van der Waals surface area contributed by atoms with Gasteiger partial charge in [-0.1, -0.05) is 36.4 Å². The first-order valence-electron chi connectivity index (χ1n) is 8.04. The topological polar surface area (TPSA) is 52.0 Å². The monoisotopic (exact) mass is 334 g/mol. The largest absolute Gasteiger partial charge is 0.328 e. The first-order valence-corrected chi connectivity index (χ1v) is 8.04. The normalized spacial score (nSPS) is 12.9. The summed E-state index contributed by atoms with van der Waals surface area (Å²) in [7, 11) is 1.75. The second-order valence-corrected chi connectivity index (χ2v) is 6.11. The van der Waals surface area contributed by atoms with Crippen LogP contribution in [0, 0.1) is 5.82 Å². The molecule has 0 N–H and O–H groups in total. The quantitative estimate of drug-likeness (QED) is 0.690. The van der Waals surface area contributed by atoms with Crippen LogP contribution in [0.2, 0.25) is 0 Å². The van der Waals surface area contributed by atoms with Gasteiger partial charge in [-0.3, -0.25) is 9.59 Å². The average Bonchev–Trinajstić information content (AvgIpc) is 2.96. The number of fused-ring (bicyclic) bond motifs is 3. The Bertz CT molecular complexity index is 1000. The van der Waals surface area contributed by atoms with E-state index in [1.165, 1.54) is 12.1 Å². The molecule has 0 aliphatic heterocycles. The number of Topliss-reactive ketones (excluding diaryl/α,β-unsaturated/α-hetero) is 2. The lowest BCUT2D eigenvalue weighted by molar-refractivity contribution is 0.0810. The van der Waals surface area contributed by atoms with Crippen LogP contribution in [-0.2, 0) is 19.9 Å². The third-order valence-corrected chi connectivity index (χ3v) is 4.59. The highest BCUT2D eigenvalue weighted by Crippen LogP contribution is 2.33. The third-order valence-electron chi connectivity index (χ3n) is 4.59. The SMILES string of the molecule is Cn1c(CCc2ccc(F)cc2)nc2c1C(=O)C(=O)c1ccccc1-2. The lowest BCUT2D eigenvalue weighted by Gasteiger charge is -2.13. The number of benzene rings is 2. The summed E-state index contributed by atoms with van der Waals surface area (Å²) in [6.07, 6.45) is 1.27. The van der Waals surface area contributed by atoms with E-state index in [2.05, 4.69) is 4.98 Å². The van der Waals surface area contributed by atoms with Crippen molar-refractivity contribution in [3.05, 3.63) is 77.0 Å². The Balaban J connectivity index is 1.71. The Labute approximate surface area is 143 Å². The summed E-state index contributed by atoms with van der Waals surface area (Å²) in [6, 6.07) is 13.4. The summed E-state index contributed by atoms with van der Waals surface area (Å²) < 4.78 is 14.7. The molecule has 0 bridgehead atoms. The fraction of sp³-hybridized carbons (Fsp3) is 0.150. The number of hydrogen-bond donors (Lipinski definition) is 0. The summed E-state index contributed by atoms with van der Waals surface area (Å²) in [5.74, 6) is -0.544. The molecule has 1 aliphatic rings. The summed E-state index contributed by atoms with van der Waals surface area (Å²) in [6.45, 7) is 0. The van der Waals surface area contributed by atoms with Crippen molar-refractivity contribution in [2.75, 3.05) is 0 Å². The Kier molecular flexibility index (Phi) is 3.57. The number of halogens is 1. The number of hydrogen-bond acceptors (Lipinski definition) is 3. The average molecular weight is 334 g/mol. The zero-order valence-corrected chi connectivity index (χ0v) is 13.6. The number of carbonyl (C=O) groups excluding carboxylic acids is 2. The molecule has 0 saturated heterocycles. The minimum atomic E-state index is -0.517. The van der Waals surface area contributed by atoms with Crippen molar-refractivity contribution in [1.82, 2.24) is 9.55 Å². The van der Waals surface area contributed by atoms with Gasteiger partial charge in [-0.25, -0.2) is 9.37 Å². The number of ketones is 2. The molecule has 25 heavy (non-hydrogen) atoms. The standard InChI is InChI=1S/C20H15FN2O2/c1-23-16(11-8-12-6-9-13(21)10-7-12)22-17-14-4-2-3-5-15(14)19(24)20(25)18(17)23/h2-7,9-10H,8,11H2,1H3. The van der Waals surface area contributed by atoms with E-state index in [9.17, 15) is 14.0 Å². The molecule has 5 heteroatoms. The van der Waals surface area contributed by atoms with Crippen molar-refractivity contribution in [1.29, 1.82) is 0 Å². The molecule has 4 rings (SSSR count). The van der Waals surface area contributed by atoms with Gasteiger partial charge in [-0.05, 0) is 24.1 Å². The van der Waals surface area contributed by atoms with Gasteiger partial charge >= 0.3 is 0 Å². The van der Waals surface area contributed by atoms with E-state index in [1.54, 1.807) is 35.9 Å². The van der Waals surface area contributed by atoms with Crippen molar-refractivity contribution in [3.8, 4) is 11.3 Å². The zero-order chi connectivity index (χ0) is 17.6. The van der Waals surface area contributed by atoms with Gasteiger partial charge in [-0.2, -0.15) is 0 Å². The zero-order valence-electron chi connectivity index (χ0n) is 13.6. The maximum Gasteiger partial charge on any atom is 0.252 e. The van der Waals surface area contributed by atoms with Gasteiger partial charge in [0.05, 0.1) is 0 Å². The Morgan fingerprint density at radius 2 is 1.60 bits per heavy atom. The van der Waals surface area contributed by atoms with Crippen LogP contribution in [-0.4, -0.2) is 21.1 Å². The van der Waals surface area contributed by atoms with Crippen molar-refractivity contribution in [2.24, 2.45) is 7.05 Å². The lowest BCUT2D eigenvalue weighted by Crippen LogP contribution is -2.23. The molecule has 2 aromatic carbocycles. The van der Waals surface area contributed by atoms with E-state index in [1.807, 2.05) is 12.1 Å². The maximum atomic E-state index is 13.0. The van der Waals surface area contributed by atoms with Crippen LogP contribution in [0.1, 0.15) is 32.2 Å². The van der Waals surface area contributed by atoms with Gasteiger partial charge in [0.2, 0.25) is 5.78 Å². The number of aryl methyl sites for hydroxylation is 2. The van der Waals surface area contributed by atoms with Crippen molar-refractivity contribution >= 4 is 11.6 Å².